The first kappa shape index (κ1) is 45.6. The number of carbonyl (C=O) groups excluding carboxylic acids is 7. The Hall–Kier alpha value is -4.53. The molecule has 1 aromatic rings. The molecule has 0 radical (unpaired) electrons. The summed E-state index contributed by atoms with van der Waals surface area (Å²) in [5.74, 6) is -3.63. The smallest absolute Gasteiger partial charge is 0.312 e. The lowest BCUT2D eigenvalue weighted by atomic mass is 9.94. The van der Waals surface area contributed by atoms with E-state index in [1.54, 1.807) is 38.1 Å². The van der Waals surface area contributed by atoms with Crippen LogP contribution in [0.2, 0.25) is 0 Å². The predicted molar refractivity (Wildman–Crippen MR) is 184 cm³/mol. The molecular weight excluding hydrogens is 622 g/mol. The van der Waals surface area contributed by atoms with Crippen molar-refractivity contribution < 1.29 is 38.3 Å². The lowest BCUT2D eigenvalue weighted by Crippen LogP contribution is -2.53. The van der Waals surface area contributed by atoms with Gasteiger partial charge in [0.15, 0.2) is 0 Å². The number of nitrogens with zero attached hydrogens (tertiary/aromatic N) is 1. The second-order valence-electron chi connectivity index (χ2n) is 11.1. The van der Waals surface area contributed by atoms with Crippen molar-refractivity contribution in [1.29, 1.82) is 0 Å². The van der Waals surface area contributed by atoms with Crippen molar-refractivity contribution in [2.75, 3.05) is 31.5 Å². The summed E-state index contributed by atoms with van der Waals surface area (Å²) in [6, 6.07) is 5.27. The third kappa shape index (κ3) is 19.2. The van der Waals surface area contributed by atoms with E-state index >= 15 is 0 Å². The van der Waals surface area contributed by atoms with Crippen LogP contribution in [0.1, 0.15) is 80.7 Å². The van der Waals surface area contributed by atoms with Gasteiger partial charge in [-0.05, 0) is 42.5 Å². The molecule has 1 aliphatic heterocycles. The van der Waals surface area contributed by atoms with Crippen LogP contribution in [0.25, 0.3) is 0 Å². The summed E-state index contributed by atoms with van der Waals surface area (Å²) in [7, 11) is 0. The lowest BCUT2D eigenvalue weighted by molar-refractivity contribution is -0.144. The van der Waals surface area contributed by atoms with Crippen LogP contribution in [0, 0.1) is 17.8 Å². The number of nitrogens with one attached hydrogen (secondary N) is 4. The Balaban J connectivity index is 0. The number of amides is 7. The van der Waals surface area contributed by atoms with Gasteiger partial charge in [0.25, 0.3) is 0 Å². The third-order valence-electron chi connectivity index (χ3n) is 6.30. The van der Waals surface area contributed by atoms with Crippen LogP contribution in [0.3, 0.4) is 0 Å². The average molecular weight is 680 g/mol. The third-order valence-corrected chi connectivity index (χ3v) is 6.30. The van der Waals surface area contributed by atoms with Gasteiger partial charge in [0.1, 0.15) is 19.2 Å². The summed E-state index contributed by atoms with van der Waals surface area (Å²) < 4.78 is 4.90. The van der Waals surface area contributed by atoms with E-state index in [0.717, 1.165) is 23.4 Å². The molecule has 15 heteroatoms. The van der Waals surface area contributed by atoms with Gasteiger partial charge in [0.05, 0.1) is 6.54 Å². The number of primary amides is 1. The van der Waals surface area contributed by atoms with E-state index in [1.807, 2.05) is 41.5 Å². The summed E-state index contributed by atoms with van der Waals surface area (Å²) >= 11 is 0. The fourth-order valence-electron chi connectivity index (χ4n) is 3.89. The Morgan fingerprint density at radius 1 is 0.958 bits per heavy atom. The molecule has 2 rings (SSSR count). The fraction of sp³-hybridized carbons (Fsp3) is 0.606. The quantitative estimate of drug-likeness (QED) is 0.132. The number of hydrogen-bond donors (Lipinski definition) is 6. The molecule has 0 bridgehead atoms. The van der Waals surface area contributed by atoms with Crippen molar-refractivity contribution in [2.45, 2.75) is 87.8 Å². The first-order valence-electron chi connectivity index (χ1n) is 16.2. The molecule has 1 aliphatic rings. The van der Waals surface area contributed by atoms with Crippen molar-refractivity contribution in [3.05, 3.63) is 29.8 Å². The largest absolute Gasteiger partial charge is 0.461 e. The number of benzene rings is 1. The summed E-state index contributed by atoms with van der Waals surface area (Å²) in [6.45, 7) is 17.1. The van der Waals surface area contributed by atoms with Gasteiger partial charge in [-0.1, -0.05) is 67.5 Å². The molecule has 15 nitrogen and oxygen atoms in total. The molecule has 0 spiro atoms. The minimum atomic E-state index is -0.959. The van der Waals surface area contributed by atoms with E-state index in [2.05, 4.69) is 21.3 Å². The van der Waals surface area contributed by atoms with E-state index in [9.17, 15) is 33.6 Å². The maximum Gasteiger partial charge on any atom is 0.312 e. The Morgan fingerprint density at radius 2 is 1.52 bits per heavy atom. The zero-order chi connectivity index (χ0) is 37.4. The number of nitrogens with two attached hydrogens (primary N) is 2. The standard InChI is InChI=1S/C25H34N4O7.C4H10N2O.C2H7N.C2H6/c1-14(2)19-10-22(33)29(25(19)35)12-21(32)28-23(15(3)4)24(34)26-11-20(31)27-18-8-6-17(7-9-18)13-36-16(5)30;1-2-3-6-4(5)7;1-2-3;1-2/h6-9,14-15,19,23H,10-13H2,1-5H3,(H,26,34)(H,27,31)(H,28,32);2-3H2,1H3,(H3,5,6,7);2-3H2,1H3;1-2H3. The molecule has 1 heterocycles. The molecule has 2 atom stereocenters. The zero-order valence-electron chi connectivity index (χ0n) is 29.9. The van der Waals surface area contributed by atoms with Gasteiger partial charge < -0.3 is 37.5 Å². The number of likely N-dealkylation sites (tertiary alicyclic amines) is 1. The number of ether oxygens (including phenoxy) is 1. The fourth-order valence-corrected chi connectivity index (χ4v) is 3.89. The van der Waals surface area contributed by atoms with E-state index in [-0.39, 0.29) is 37.3 Å². The molecule has 1 saturated heterocycles. The van der Waals surface area contributed by atoms with Crippen molar-refractivity contribution in [3.8, 4) is 0 Å². The van der Waals surface area contributed by atoms with Crippen LogP contribution in [-0.2, 0) is 40.1 Å². The highest BCUT2D eigenvalue weighted by Crippen LogP contribution is 2.26. The summed E-state index contributed by atoms with van der Waals surface area (Å²) in [6.07, 6.45) is 1.00. The highest BCUT2D eigenvalue weighted by atomic mass is 16.5. The second kappa shape index (κ2) is 25.5. The topological polar surface area (TPSA) is 232 Å². The first-order valence-corrected chi connectivity index (χ1v) is 16.2. The molecule has 1 fully saturated rings. The Kier molecular flexibility index (Phi) is 24.3. The molecule has 2 unspecified atom stereocenters. The minimum Gasteiger partial charge on any atom is -0.461 e. The van der Waals surface area contributed by atoms with Crippen LogP contribution in [0.15, 0.2) is 24.3 Å². The number of esters is 1. The second-order valence-corrected chi connectivity index (χ2v) is 11.1. The number of anilines is 1. The number of rotatable bonds is 13. The lowest BCUT2D eigenvalue weighted by Gasteiger charge is -2.23. The van der Waals surface area contributed by atoms with Crippen molar-refractivity contribution >= 4 is 47.2 Å². The van der Waals surface area contributed by atoms with E-state index in [0.29, 0.717) is 12.2 Å². The molecule has 1 aromatic carbocycles. The molecule has 0 aromatic heterocycles. The van der Waals surface area contributed by atoms with Gasteiger partial charge in [-0.15, -0.1) is 0 Å². The van der Waals surface area contributed by atoms with Crippen LogP contribution >= 0.6 is 0 Å². The first-order chi connectivity index (χ1) is 22.6. The highest BCUT2D eigenvalue weighted by Gasteiger charge is 2.41. The van der Waals surface area contributed by atoms with E-state index in [4.69, 9.17) is 16.2 Å². The molecule has 0 aliphatic carbocycles. The number of hydrogen-bond acceptors (Lipinski definition) is 9. The zero-order valence-corrected chi connectivity index (χ0v) is 29.9. The predicted octanol–water partition coefficient (Wildman–Crippen LogP) is 2.03. The molecule has 8 N–H and O–H groups in total. The molecule has 48 heavy (non-hydrogen) atoms. The maximum absolute atomic E-state index is 12.7. The van der Waals surface area contributed by atoms with Crippen LogP contribution in [0.4, 0.5) is 10.5 Å². The van der Waals surface area contributed by atoms with Gasteiger partial charge >= 0.3 is 12.0 Å². The van der Waals surface area contributed by atoms with E-state index in [1.165, 1.54) is 6.92 Å². The SMILES string of the molecule is CC.CC(=O)OCc1ccc(NC(=O)CNC(=O)C(NC(=O)CN2C(=O)CC(C(C)C)C2=O)C(C)C)cc1.CCCNC(N)=O.CCN. The molecule has 272 valence electrons. The van der Waals surface area contributed by atoms with Gasteiger partial charge in [-0.3, -0.25) is 33.7 Å². The van der Waals surface area contributed by atoms with Crippen molar-refractivity contribution in [2.24, 2.45) is 29.2 Å². The summed E-state index contributed by atoms with van der Waals surface area (Å²) in [5.41, 5.74) is 10.8. The monoisotopic (exact) mass is 679 g/mol. The molecule has 7 amide bonds. The Morgan fingerprint density at radius 3 is 1.94 bits per heavy atom. The van der Waals surface area contributed by atoms with Crippen molar-refractivity contribution in [3.63, 3.8) is 0 Å². The van der Waals surface area contributed by atoms with Crippen molar-refractivity contribution in [1.82, 2.24) is 20.9 Å². The maximum atomic E-state index is 12.7. The normalized spacial score (nSPS) is 13.8. The van der Waals surface area contributed by atoms with Gasteiger partial charge in [0, 0.05) is 31.5 Å². The van der Waals surface area contributed by atoms with Crippen LogP contribution in [-0.4, -0.2) is 78.7 Å². The average Bonchev–Trinajstić information content (AvgIpc) is 3.31. The number of urea groups is 1. The van der Waals surface area contributed by atoms with Crippen LogP contribution in [0.5, 0.6) is 0 Å². The number of carbonyl (C=O) groups is 7. The van der Waals surface area contributed by atoms with Gasteiger partial charge in [-0.2, -0.15) is 0 Å². The Labute approximate surface area is 284 Å². The van der Waals surface area contributed by atoms with Gasteiger partial charge in [-0.25, -0.2) is 4.79 Å². The van der Waals surface area contributed by atoms with E-state index < -0.39 is 54.1 Å². The molecular formula is C33H57N7O8. The highest BCUT2D eigenvalue weighted by molar-refractivity contribution is 6.06. The summed E-state index contributed by atoms with van der Waals surface area (Å²) in [4.78, 5) is 83.7. The van der Waals surface area contributed by atoms with Gasteiger partial charge in [0.2, 0.25) is 29.5 Å². The number of imide groups is 1. The summed E-state index contributed by atoms with van der Waals surface area (Å²) in [5, 5.41) is 10.1. The Bertz CT molecular complexity index is 1170. The van der Waals surface area contributed by atoms with Crippen LogP contribution < -0.4 is 32.7 Å². The minimum absolute atomic E-state index is 0.0199. The molecule has 0 saturated carbocycles.